The van der Waals surface area contributed by atoms with Crippen molar-refractivity contribution in [3.8, 4) is 0 Å². The van der Waals surface area contributed by atoms with E-state index in [-0.39, 0.29) is 17.9 Å². The van der Waals surface area contributed by atoms with Crippen LogP contribution in [-0.4, -0.2) is 53.1 Å². The SMILES string of the molecule is CC(C)(C)OC(=O)N1CCCC(C(=O)NC2CCSCC2)C1. The Morgan fingerprint density at radius 3 is 2.50 bits per heavy atom. The van der Waals surface area contributed by atoms with Crippen molar-refractivity contribution in [1.29, 1.82) is 0 Å². The molecule has 2 saturated heterocycles. The molecule has 1 atom stereocenters. The highest BCUT2D eigenvalue weighted by molar-refractivity contribution is 7.99. The number of amides is 2. The number of ether oxygens (including phenoxy) is 1. The van der Waals surface area contributed by atoms with E-state index >= 15 is 0 Å². The van der Waals surface area contributed by atoms with E-state index in [1.807, 2.05) is 32.5 Å². The number of nitrogens with one attached hydrogen (secondary N) is 1. The van der Waals surface area contributed by atoms with Gasteiger partial charge in [-0.1, -0.05) is 0 Å². The summed E-state index contributed by atoms with van der Waals surface area (Å²) in [6.07, 6.45) is 3.52. The minimum absolute atomic E-state index is 0.101. The minimum atomic E-state index is -0.494. The molecule has 0 aliphatic carbocycles. The van der Waals surface area contributed by atoms with Crippen LogP contribution in [0.1, 0.15) is 46.5 Å². The van der Waals surface area contributed by atoms with E-state index < -0.39 is 5.60 Å². The molecule has 1 unspecified atom stereocenters. The Morgan fingerprint density at radius 1 is 1.18 bits per heavy atom. The van der Waals surface area contributed by atoms with Gasteiger partial charge >= 0.3 is 6.09 Å². The molecule has 2 aliphatic rings. The number of thioether (sulfide) groups is 1. The van der Waals surface area contributed by atoms with Crippen LogP contribution in [0.2, 0.25) is 0 Å². The molecule has 5 nitrogen and oxygen atoms in total. The van der Waals surface area contributed by atoms with Crippen molar-refractivity contribution < 1.29 is 14.3 Å². The molecule has 1 N–H and O–H groups in total. The summed E-state index contributed by atoms with van der Waals surface area (Å²) in [4.78, 5) is 26.2. The van der Waals surface area contributed by atoms with E-state index in [4.69, 9.17) is 4.74 Å². The highest BCUT2D eigenvalue weighted by Crippen LogP contribution is 2.21. The van der Waals surface area contributed by atoms with Gasteiger partial charge in [-0.3, -0.25) is 4.79 Å². The van der Waals surface area contributed by atoms with Crippen LogP contribution in [0.3, 0.4) is 0 Å². The van der Waals surface area contributed by atoms with E-state index in [9.17, 15) is 9.59 Å². The van der Waals surface area contributed by atoms with Crippen LogP contribution in [0.25, 0.3) is 0 Å². The fourth-order valence-corrected chi connectivity index (χ4v) is 3.95. The molecule has 0 aromatic carbocycles. The first-order chi connectivity index (χ1) is 10.3. The molecule has 0 bridgehead atoms. The first kappa shape index (κ1) is 17.4. The second-order valence-corrected chi connectivity index (χ2v) is 8.39. The number of carbonyl (C=O) groups excluding carboxylic acids is 2. The predicted octanol–water partition coefficient (Wildman–Crippen LogP) is 2.65. The van der Waals surface area contributed by atoms with E-state index in [0.717, 1.165) is 37.2 Å². The number of carbonyl (C=O) groups is 2. The maximum Gasteiger partial charge on any atom is 0.410 e. The average molecular weight is 328 g/mol. The van der Waals surface area contributed by atoms with E-state index in [1.54, 1.807) is 4.90 Å². The lowest BCUT2D eigenvalue weighted by atomic mass is 9.96. The van der Waals surface area contributed by atoms with Gasteiger partial charge in [0.25, 0.3) is 0 Å². The van der Waals surface area contributed by atoms with Gasteiger partial charge in [0.05, 0.1) is 5.92 Å². The van der Waals surface area contributed by atoms with Crippen molar-refractivity contribution >= 4 is 23.8 Å². The molecule has 2 amide bonds. The molecule has 6 heteroatoms. The summed E-state index contributed by atoms with van der Waals surface area (Å²) in [6.45, 7) is 6.74. The maximum absolute atomic E-state index is 12.4. The van der Waals surface area contributed by atoms with Crippen molar-refractivity contribution in [3.63, 3.8) is 0 Å². The third kappa shape index (κ3) is 5.38. The van der Waals surface area contributed by atoms with Crippen LogP contribution in [0, 0.1) is 5.92 Å². The molecule has 0 saturated carbocycles. The first-order valence-corrected chi connectivity index (χ1v) is 9.36. The summed E-state index contributed by atoms with van der Waals surface area (Å²) >= 11 is 1.95. The molecular formula is C16H28N2O3S. The van der Waals surface area contributed by atoms with Gasteiger partial charge in [0, 0.05) is 19.1 Å². The van der Waals surface area contributed by atoms with Gasteiger partial charge in [0.2, 0.25) is 5.91 Å². The smallest absolute Gasteiger partial charge is 0.410 e. The fourth-order valence-electron chi connectivity index (χ4n) is 2.84. The summed E-state index contributed by atoms with van der Waals surface area (Å²) in [5.74, 6) is 2.25. The Hall–Kier alpha value is -0.910. The number of nitrogens with zero attached hydrogens (tertiary/aromatic N) is 1. The van der Waals surface area contributed by atoms with Crippen LogP contribution < -0.4 is 5.32 Å². The van der Waals surface area contributed by atoms with Crippen molar-refractivity contribution in [2.45, 2.75) is 58.1 Å². The Bertz CT molecular complexity index is 403. The summed E-state index contributed by atoms with van der Waals surface area (Å²) < 4.78 is 5.41. The monoisotopic (exact) mass is 328 g/mol. The molecule has 0 radical (unpaired) electrons. The second kappa shape index (κ2) is 7.57. The highest BCUT2D eigenvalue weighted by atomic mass is 32.2. The number of hydrogen-bond acceptors (Lipinski definition) is 4. The van der Waals surface area contributed by atoms with Crippen molar-refractivity contribution in [1.82, 2.24) is 10.2 Å². The number of hydrogen-bond donors (Lipinski definition) is 1. The first-order valence-electron chi connectivity index (χ1n) is 8.21. The highest BCUT2D eigenvalue weighted by Gasteiger charge is 2.31. The zero-order valence-corrected chi connectivity index (χ0v) is 14.7. The molecule has 0 aromatic heterocycles. The molecule has 2 heterocycles. The summed E-state index contributed by atoms with van der Waals surface area (Å²) in [5, 5.41) is 3.17. The normalized spacial score (nSPS) is 24.0. The molecular weight excluding hydrogens is 300 g/mol. The lowest BCUT2D eigenvalue weighted by molar-refractivity contribution is -0.127. The lowest BCUT2D eigenvalue weighted by Gasteiger charge is -2.34. The summed E-state index contributed by atoms with van der Waals surface area (Å²) in [5.41, 5.74) is -0.494. The Kier molecular flexibility index (Phi) is 6.01. The van der Waals surface area contributed by atoms with Gasteiger partial charge in [-0.2, -0.15) is 11.8 Å². The quantitative estimate of drug-likeness (QED) is 0.846. The van der Waals surface area contributed by atoms with Gasteiger partial charge in [-0.15, -0.1) is 0 Å². The van der Waals surface area contributed by atoms with Gasteiger partial charge in [0.1, 0.15) is 5.60 Å². The van der Waals surface area contributed by atoms with E-state index in [0.29, 0.717) is 19.1 Å². The molecule has 2 fully saturated rings. The second-order valence-electron chi connectivity index (χ2n) is 7.16. The molecule has 2 aliphatic heterocycles. The lowest BCUT2D eigenvalue weighted by Crippen LogP contribution is -2.49. The topological polar surface area (TPSA) is 58.6 Å². The van der Waals surface area contributed by atoms with Crippen molar-refractivity contribution in [3.05, 3.63) is 0 Å². The minimum Gasteiger partial charge on any atom is -0.444 e. The van der Waals surface area contributed by atoms with Gasteiger partial charge in [0.15, 0.2) is 0 Å². The third-order valence-corrected chi connectivity index (χ3v) is 5.06. The zero-order valence-electron chi connectivity index (χ0n) is 13.9. The number of piperidine rings is 1. The average Bonchev–Trinajstić information content (AvgIpc) is 2.46. The molecule has 2 rings (SSSR count). The van der Waals surface area contributed by atoms with Gasteiger partial charge in [-0.05, 0) is 58.0 Å². The Morgan fingerprint density at radius 2 is 1.86 bits per heavy atom. The molecule has 0 aromatic rings. The van der Waals surface area contributed by atoms with Crippen molar-refractivity contribution in [2.75, 3.05) is 24.6 Å². The van der Waals surface area contributed by atoms with Crippen LogP contribution in [0.4, 0.5) is 4.79 Å². The van der Waals surface area contributed by atoms with Crippen LogP contribution in [0.15, 0.2) is 0 Å². The number of rotatable bonds is 2. The van der Waals surface area contributed by atoms with E-state index in [2.05, 4.69) is 5.32 Å². The van der Waals surface area contributed by atoms with E-state index in [1.165, 1.54) is 0 Å². The standard InChI is InChI=1S/C16H28N2O3S/c1-16(2,3)21-15(20)18-8-4-5-12(11-18)14(19)17-13-6-9-22-10-7-13/h12-13H,4-11H2,1-3H3,(H,17,19). The Balaban J connectivity index is 1.84. The zero-order chi connectivity index (χ0) is 16.2. The summed E-state index contributed by atoms with van der Waals surface area (Å²) in [6, 6.07) is 0.311. The molecule has 0 spiro atoms. The fraction of sp³-hybridized carbons (Fsp3) is 0.875. The van der Waals surface area contributed by atoms with Gasteiger partial charge < -0.3 is 15.0 Å². The van der Waals surface area contributed by atoms with Gasteiger partial charge in [-0.25, -0.2) is 4.79 Å². The Labute approximate surface area is 137 Å². The summed E-state index contributed by atoms with van der Waals surface area (Å²) in [7, 11) is 0. The molecule has 126 valence electrons. The maximum atomic E-state index is 12.4. The number of likely N-dealkylation sites (tertiary alicyclic amines) is 1. The van der Waals surface area contributed by atoms with Crippen molar-refractivity contribution in [2.24, 2.45) is 5.92 Å². The van der Waals surface area contributed by atoms with Crippen LogP contribution in [-0.2, 0) is 9.53 Å². The molecule has 22 heavy (non-hydrogen) atoms. The third-order valence-electron chi connectivity index (χ3n) is 4.01. The predicted molar refractivity (Wildman–Crippen MR) is 89.0 cm³/mol. The largest absolute Gasteiger partial charge is 0.444 e. The van der Waals surface area contributed by atoms with Crippen LogP contribution >= 0.6 is 11.8 Å². The van der Waals surface area contributed by atoms with Crippen LogP contribution in [0.5, 0.6) is 0 Å².